The molecule has 24 heavy (non-hydrogen) atoms. The zero-order valence-electron chi connectivity index (χ0n) is 14.2. The lowest BCUT2D eigenvalue weighted by Gasteiger charge is -2.26. The number of hydrogen-bond acceptors (Lipinski definition) is 4. The molecule has 5 nitrogen and oxygen atoms in total. The molecule has 0 aliphatic heterocycles. The van der Waals surface area contributed by atoms with Crippen LogP contribution in [0.4, 0.5) is 0 Å². The second kappa shape index (κ2) is 6.02. The van der Waals surface area contributed by atoms with Gasteiger partial charge in [0.05, 0.1) is 11.2 Å². The molecule has 2 N–H and O–H groups in total. The smallest absolute Gasteiger partial charge is 0.241 e. The van der Waals surface area contributed by atoms with Crippen molar-refractivity contribution in [1.82, 2.24) is 4.72 Å². The number of nitrogens with one attached hydrogen (secondary N) is 1. The molecule has 1 aliphatic rings. The van der Waals surface area contributed by atoms with Crippen LogP contribution in [0.15, 0.2) is 39.8 Å². The molecular weight excluding hydrogens is 326 g/mol. The number of benzene rings is 1. The summed E-state index contributed by atoms with van der Waals surface area (Å²) in [5, 5.41) is 11.0. The van der Waals surface area contributed by atoms with Crippen LogP contribution in [0.5, 0.6) is 0 Å². The lowest BCUT2D eigenvalue weighted by molar-refractivity contribution is -0.00225. The second-order valence-corrected chi connectivity index (χ2v) is 8.43. The first-order chi connectivity index (χ1) is 11.2. The summed E-state index contributed by atoms with van der Waals surface area (Å²) in [6.45, 7) is 5.41. The van der Waals surface area contributed by atoms with Crippen LogP contribution in [0, 0.1) is 26.7 Å². The van der Waals surface area contributed by atoms with Crippen LogP contribution < -0.4 is 4.72 Å². The van der Waals surface area contributed by atoms with Crippen molar-refractivity contribution >= 4 is 10.0 Å². The van der Waals surface area contributed by atoms with Gasteiger partial charge in [0.1, 0.15) is 11.4 Å². The van der Waals surface area contributed by atoms with Crippen molar-refractivity contribution in [3.05, 3.63) is 53.0 Å². The third-order valence-electron chi connectivity index (χ3n) is 4.61. The van der Waals surface area contributed by atoms with Crippen molar-refractivity contribution in [2.24, 2.45) is 5.92 Å². The van der Waals surface area contributed by atoms with Crippen LogP contribution in [-0.4, -0.2) is 20.1 Å². The molecule has 0 amide bonds. The Kier molecular flexibility index (Phi) is 4.32. The fourth-order valence-corrected chi connectivity index (χ4v) is 4.91. The SMILES string of the molecule is Cc1cc(C)c(S(=O)(=O)NCC(O)(c2ccco2)C2CC2)c(C)c1. The Morgan fingerprint density at radius 1 is 1.25 bits per heavy atom. The molecular formula is C18H23NO4S. The van der Waals surface area contributed by atoms with Crippen molar-refractivity contribution < 1.29 is 17.9 Å². The fraction of sp³-hybridized carbons (Fsp3) is 0.444. The van der Waals surface area contributed by atoms with E-state index in [4.69, 9.17) is 4.42 Å². The highest BCUT2D eigenvalue weighted by Crippen LogP contribution is 2.45. The van der Waals surface area contributed by atoms with E-state index in [0.717, 1.165) is 18.4 Å². The first-order valence-electron chi connectivity index (χ1n) is 8.08. The molecule has 1 aromatic carbocycles. The Bertz CT molecular complexity index is 815. The van der Waals surface area contributed by atoms with Gasteiger partial charge in [-0.1, -0.05) is 17.7 Å². The van der Waals surface area contributed by atoms with Gasteiger partial charge in [0.2, 0.25) is 10.0 Å². The number of aryl methyl sites for hydroxylation is 3. The van der Waals surface area contributed by atoms with E-state index in [0.29, 0.717) is 16.9 Å². The minimum Gasteiger partial charge on any atom is -0.466 e. The van der Waals surface area contributed by atoms with Gasteiger partial charge in [0, 0.05) is 6.54 Å². The molecule has 1 saturated carbocycles. The molecule has 6 heteroatoms. The van der Waals surface area contributed by atoms with E-state index in [1.54, 1.807) is 26.0 Å². The highest BCUT2D eigenvalue weighted by Gasteiger charge is 2.47. The van der Waals surface area contributed by atoms with E-state index < -0.39 is 15.6 Å². The van der Waals surface area contributed by atoms with E-state index >= 15 is 0 Å². The van der Waals surface area contributed by atoms with Gasteiger partial charge in [-0.25, -0.2) is 13.1 Å². The predicted molar refractivity (Wildman–Crippen MR) is 91.2 cm³/mol. The maximum Gasteiger partial charge on any atom is 0.241 e. The summed E-state index contributed by atoms with van der Waals surface area (Å²) in [7, 11) is -3.72. The first kappa shape index (κ1) is 17.2. The lowest BCUT2D eigenvalue weighted by atomic mass is 9.95. The first-order valence-corrected chi connectivity index (χ1v) is 9.56. The van der Waals surface area contributed by atoms with Gasteiger partial charge >= 0.3 is 0 Å². The minimum absolute atomic E-state index is 0.0200. The molecule has 0 saturated heterocycles. The van der Waals surface area contributed by atoms with Gasteiger partial charge < -0.3 is 9.52 Å². The Morgan fingerprint density at radius 2 is 1.88 bits per heavy atom. The Labute approximate surface area is 142 Å². The average Bonchev–Trinajstić information content (AvgIpc) is 3.19. The van der Waals surface area contributed by atoms with E-state index in [-0.39, 0.29) is 17.4 Å². The quantitative estimate of drug-likeness (QED) is 0.840. The molecule has 1 heterocycles. The van der Waals surface area contributed by atoms with Crippen molar-refractivity contribution in [3.63, 3.8) is 0 Å². The summed E-state index contributed by atoms with van der Waals surface area (Å²) >= 11 is 0. The summed E-state index contributed by atoms with van der Waals surface area (Å²) in [6, 6.07) is 7.09. The monoisotopic (exact) mass is 349 g/mol. The van der Waals surface area contributed by atoms with Crippen molar-refractivity contribution in [2.75, 3.05) is 6.54 Å². The van der Waals surface area contributed by atoms with E-state index in [9.17, 15) is 13.5 Å². The van der Waals surface area contributed by atoms with Crippen LogP contribution in [0.2, 0.25) is 0 Å². The molecule has 130 valence electrons. The average molecular weight is 349 g/mol. The van der Waals surface area contributed by atoms with Crippen LogP contribution in [-0.2, 0) is 15.6 Å². The molecule has 1 aliphatic carbocycles. The van der Waals surface area contributed by atoms with Crippen LogP contribution in [0.1, 0.15) is 35.3 Å². The highest BCUT2D eigenvalue weighted by atomic mass is 32.2. The van der Waals surface area contributed by atoms with Crippen molar-refractivity contribution in [2.45, 2.75) is 44.1 Å². The van der Waals surface area contributed by atoms with Crippen LogP contribution in [0.3, 0.4) is 0 Å². The summed E-state index contributed by atoms with van der Waals surface area (Å²) in [6.07, 6.45) is 3.22. The molecule has 1 atom stereocenters. The fourth-order valence-electron chi connectivity index (χ4n) is 3.39. The van der Waals surface area contributed by atoms with Crippen molar-refractivity contribution in [3.8, 4) is 0 Å². The molecule has 2 aromatic rings. The van der Waals surface area contributed by atoms with Crippen LogP contribution in [0.25, 0.3) is 0 Å². The largest absolute Gasteiger partial charge is 0.466 e. The molecule has 3 rings (SSSR count). The zero-order chi connectivity index (χ0) is 17.5. The number of sulfonamides is 1. The maximum atomic E-state index is 12.8. The van der Waals surface area contributed by atoms with Gasteiger partial charge in [-0.05, 0) is 62.8 Å². The Hall–Kier alpha value is -1.63. The van der Waals surface area contributed by atoms with Gasteiger partial charge in [0.25, 0.3) is 0 Å². The summed E-state index contributed by atoms with van der Waals surface area (Å²) < 4.78 is 33.5. The number of aliphatic hydroxyl groups is 1. The Balaban J connectivity index is 1.88. The summed E-state index contributed by atoms with van der Waals surface area (Å²) in [4.78, 5) is 0.283. The van der Waals surface area contributed by atoms with Gasteiger partial charge in [-0.15, -0.1) is 0 Å². The third-order valence-corrected chi connectivity index (χ3v) is 6.31. The van der Waals surface area contributed by atoms with Crippen molar-refractivity contribution in [1.29, 1.82) is 0 Å². The molecule has 0 spiro atoms. The molecule has 0 radical (unpaired) electrons. The third kappa shape index (κ3) is 3.14. The topological polar surface area (TPSA) is 79.5 Å². The molecule has 1 aromatic heterocycles. The number of hydrogen-bond donors (Lipinski definition) is 2. The lowest BCUT2D eigenvalue weighted by Crippen LogP contribution is -2.42. The molecule has 1 unspecified atom stereocenters. The molecule has 0 bridgehead atoms. The van der Waals surface area contributed by atoms with Gasteiger partial charge in [0.15, 0.2) is 0 Å². The number of furan rings is 1. The van der Waals surface area contributed by atoms with Gasteiger partial charge in [-0.3, -0.25) is 0 Å². The second-order valence-electron chi connectivity index (χ2n) is 6.73. The normalized spacial score (nSPS) is 17.7. The Morgan fingerprint density at radius 3 is 2.38 bits per heavy atom. The summed E-state index contributed by atoms with van der Waals surface area (Å²) in [5.41, 5.74) is 1.12. The molecule has 1 fully saturated rings. The maximum absolute atomic E-state index is 12.8. The highest BCUT2D eigenvalue weighted by molar-refractivity contribution is 7.89. The van der Waals surface area contributed by atoms with E-state index in [1.165, 1.54) is 6.26 Å². The zero-order valence-corrected chi connectivity index (χ0v) is 15.0. The predicted octanol–water partition coefficient (Wildman–Crippen LogP) is 2.78. The number of rotatable bonds is 6. The van der Waals surface area contributed by atoms with E-state index in [2.05, 4.69) is 4.72 Å². The standard InChI is InChI=1S/C18H23NO4S/c1-12-9-13(2)17(14(3)10-12)24(21,22)19-11-18(20,15-6-7-15)16-5-4-8-23-16/h4-5,8-10,15,19-20H,6-7,11H2,1-3H3. The summed E-state index contributed by atoms with van der Waals surface area (Å²) in [5.74, 6) is 0.427. The van der Waals surface area contributed by atoms with Gasteiger partial charge in [-0.2, -0.15) is 0 Å². The van der Waals surface area contributed by atoms with E-state index in [1.807, 2.05) is 19.1 Å². The van der Waals surface area contributed by atoms with Crippen LogP contribution >= 0.6 is 0 Å². The minimum atomic E-state index is -3.72.